The van der Waals surface area contributed by atoms with Crippen LogP contribution in [0.25, 0.3) is 0 Å². The summed E-state index contributed by atoms with van der Waals surface area (Å²) >= 11 is 0. The summed E-state index contributed by atoms with van der Waals surface area (Å²) in [5.41, 5.74) is 1.01. The summed E-state index contributed by atoms with van der Waals surface area (Å²) in [6, 6.07) is 4.92. The second-order valence-electron chi connectivity index (χ2n) is 5.47. The maximum atomic E-state index is 12.2. The van der Waals surface area contributed by atoms with Crippen molar-refractivity contribution in [2.45, 2.75) is 13.3 Å². The molecule has 1 fully saturated rings. The van der Waals surface area contributed by atoms with Crippen molar-refractivity contribution in [2.75, 3.05) is 29.6 Å². The lowest BCUT2D eigenvalue weighted by molar-refractivity contribution is -0.117. The van der Waals surface area contributed by atoms with Gasteiger partial charge in [0.15, 0.2) is 0 Å². The van der Waals surface area contributed by atoms with Crippen LogP contribution in [-0.4, -0.2) is 39.6 Å². The molecular formula is C14H19N3O5S. The molecule has 23 heavy (non-hydrogen) atoms. The third-order valence-corrected chi connectivity index (χ3v) is 4.40. The summed E-state index contributed by atoms with van der Waals surface area (Å²) in [5.74, 6) is -0.601. The second-order valence-corrected chi connectivity index (χ2v) is 7.13. The number of sulfonamides is 1. The van der Waals surface area contributed by atoms with E-state index in [0.717, 1.165) is 0 Å². The van der Waals surface area contributed by atoms with Crippen molar-refractivity contribution in [2.24, 2.45) is 11.1 Å². The van der Waals surface area contributed by atoms with Gasteiger partial charge < -0.3 is 15.0 Å². The Morgan fingerprint density at radius 1 is 1.48 bits per heavy atom. The quantitative estimate of drug-likeness (QED) is 0.798. The van der Waals surface area contributed by atoms with Crippen molar-refractivity contribution in [3.05, 3.63) is 18.2 Å². The number of nitrogens with zero attached hydrogens (tertiary/aromatic N) is 1. The first-order chi connectivity index (χ1) is 10.7. The predicted molar refractivity (Wildman–Crippen MR) is 85.7 cm³/mol. The van der Waals surface area contributed by atoms with E-state index in [9.17, 15) is 18.0 Å². The van der Waals surface area contributed by atoms with Crippen LogP contribution in [0.15, 0.2) is 18.2 Å². The highest BCUT2D eigenvalue weighted by Crippen LogP contribution is 2.35. The van der Waals surface area contributed by atoms with Gasteiger partial charge in [-0.15, -0.1) is 0 Å². The van der Waals surface area contributed by atoms with Crippen LogP contribution in [0.3, 0.4) is 0 Å². The number of hydrogen-bond acceptors (Lipinski definition) is 5. The van der Waals surface area contributed by atoms with Crippen LogP contribution >= 0.6 is 0 Å². The number of anilines is 2. The van der Waals surface area contributed by atoms with Crippen LogP contribution in [0.1, 0.15) is 13.3 Å². The van der Waals surface area contributed by atoms with E-state index < -0.39 is 10.0 Å². The lowest BCUT2D eigenvalue weighted by Crippen LogP contribution is -2.28. The molecule has 2 amide bonds. The lowest BCUT2D eigenvalue weighted by atomic mass is 10.1. The summed E-state index contributed by atoms with van der Waals surface area (Å²) < 4.78 is 27.7. The van der Waals surface area contributed by atoms with Gasteiger partial charge >= 0.3 is 0 Å². The standard InChI is InChI=1S/C14H19N3O5S/c1-9(18)16-11-3-4-13(22-2)12(6-11)17-7-10(5-14(17)19)8-23(15,20)21/h3-4,6,10H,5,7-8H2,1-2H3,(H,16,18)(H2,15,20,21). The molecule has 0 aromatic heterocycles. The molecule has 0 bridgehead atoms. The van der Waals surface area contributed by atoms with E-state index >= 15 is 0 Å². The number of carbonyl (C=O) groups is 2. The highest BCUT2D eigenvalue weighted by Gasteiger charge is 2.34. The minimum absolute atomic E-state index is 0.101. The van der Waals surface area contributed by atoms with E-state index in [1.165, 1.54) is 18.9 Å². The number of primary sulfonamides is 1. The molecule has 1 aromatic carbocycles. The third-order valence-electron chi connectivity index (χ3n) is 3.46. The van der Waals surface area contributed by atoms with Gasteiger partial charge in [0.1, 0.15) is 5.75 Å². The summed E-state index contributed by atoms with van der Waals surface area (Å²) in [4.78, 5) is 24.8. The average Bonchev–Trinajstić information content (AvgIpc) is 2.76. The smallest absolute Gasteiger partial charge is 0.227 e. The lowest BCUT2D eigenvalue weighted by Gasteiger charge is -2.20. The maximum absolute atomic E-state index is 12.2. The minimum Gasteiger partial charge on any atom is -0.495 e. The van der Waals surface area contributed by atoms with Crippen molar-refractivity contribution in [3.8, 4) is 5.75 Å². The zero-order chi connectivity index (χ0) is 17.2. The van der Waals surface area contributed by atoms with Gasteiger partial charge in [-0.2, -0.15) is 0 Å². The molecule has 0 spiro atoms. The van der Waals surface area contributed by atoms with E-state index in [2.05, 4.69) is 5.32 Å². The Kier molecular flexibility index (Phi) is 4.90. The largest absolute Gasteiger partial charge is 0.495 e. The molecule has 2 rings (SSSR count). The molecular weight excluding hydrogens is 322 g/mol. The highest BCUT2D eigenvalue weighted by atomic mass is 32.2. The van der Waals surface area contributed by atoms with Crippen LogP contribution in [-0.2, 0) is 19.6 Å². The first kappa shape index (κ1) is 17.2. The minimum atomic E-state index is -3.64. The molecule has 126 valence electrons. The van der Waals surface area contributed by atoms with Gasteiger partial charge in [0.05, 0.1) is 18.6 Å². The maximum Gasteiger partial charge on any atom is 0.227 e. The van der Waals surface area contributed by atoms with Crippen molar-refractivity contribution >= 4 is 33.2 Å². The number of nitrogens with two attached hydrogens (primary N) is 1. The summed E-state index contributed by atoms with van der Waals surface area (Å²) in [7, 11) is -2.17. The fourth-order valence-corrected chi connectivity index (χ4v) is 3.52. The molecule has 1 aromatic rings. The zero-order valence-corrected chi connectivity index (χ0v) is 13.7. The Hall–Kier alpha value is -2.13. The zero-order valence-electron chi connectivity index (χ0n) is 12.9. The van der Waals surface area contributed by atoms with Gasteiger partial charge in [0, 0.05) is 31.5 Å². The van der Waals surface area contributed by atoms with Crippen LogP contribution in [0.2, 0.25) is 0 Å². The normalized spacial score (nSPS) is 18.1. The third kappa shape index (κ3) is 4.42. The molecule has 0 aliphatic carbocycles. The molecule has 1 saturated heterocycles. The monoisotopic (exact) mass is 341 g/mol. The van der Waals surface area contributed by atoms with Gasteiger partial charge in [-0.3, -0.25) is 9.59 Å². The SMILES string of the molecule is COc1ccc(NC(C)=O)cc1N1CC(CS(N)(=O)=O)CC1=O. The number of benzene rings is 1. The molecule has 1 unspecified atom stereocenters. The average molecular weight is 341 g/mol. The van der Waals surface area contributed by atoms with E-state index in [0.29, 0.717) is 17.1 Å². The molecule has 1 heterocycles. The number of ether oxygens (including phenoxy) is 1. The van der Waals surface area contributed by atoms with Crippen molar-refractivity contribution in [1.82, 2.24) is 0 Å². The molecule has 9 heteroatoms. The summed E-state index contributed by atoms with van der Waals surface area (Å²) in [6.07, 6.45) is 0.101. The van der Waals surface area contributed by atoms with Gasteiger partial charge in [-0.25, -0.2) is 13.6 Å². The number of nitrogens with one attached hydrogen (secondary N) is 1. The van der Waals surface area contributed by atoms with E-state index in [1.807, 2.05) is 0 Å². The summed E-state index contributed by atoms with van der Waals surface area (Å²) in [5, 5.41) is 7.69. The first-order valence-corrected chi connectivity index (χ1v) is 8.67. The Labute approximate surface area is 134 Å². The Bertz CT molecular complexity index is 732. The molecule has 3 N–H and O–H groups in total. The molecule has 1 aliphatic heterocycles. The second kappa shape index (κ2) is 6.55. The number of methoxy groups -OCH3 is 1. The van der Waals surface area contributed by atoms with Crippen LogP contribution in [0.4, 0.5) is 11.4 Å². The number of rotatable bonds is 5. The van der Waals surface area contributed by atoms with Crippen molar-refractivity contribution in [3.63, 3.8) is 0 Å². The van der Waals surface area contributed by atoms with Gasteiger partial charge in [-0.05, 0) is 18.2 Å². The number of hydrogen-bond donors (Lipinski definition) is 2. The topological polar surface area (TPSA) is 119 Å². The Morgan fingerprint density at radius 2 is 2.17 bits per heavy atom. The van der Waals surface area contributed by atoms with Crippen LogP contribution in [0.5, 0.6) is 5.75 Å². The molecule has 0 saturated carbocycles. The number of carbonyl (C=O) groups excluding carboxylic acids is 2. The van der Waals surface area contributed by atoms with Crippen molar-refractivity contribution < 1.29 is 22.7 Å². The molecule has 8 nitrogen and oxygen atoms in total. The fraction of sp³-hybridized carbons (Fsp3) is 0.429. The molecule has 1 atom stereocenters. The van der Waals surface area contributed by atoms with Crippen LogP contribution < -0.4 is 20.1 Å². The first-order valence-electron chi connectivity index (χ1n) is 6.96. The Balaban J connectivity index is 2.29. The van der Waals surface area contributed by atoms with Gasteiger partial charge in [-0.1, -0.05) is 0 Å². The number of amides is 2. The van der Waals surface area contributed by atoms with Crippen molar-refractivity contribution in [1.29, 1.82) is 0 Å². The van der Waals surface area contributed by atoms with Gasteiger partial charge in [0.2, 0.25) is 21.8 Å². The van der Waals surface area contributed by atoms with E-state index in [1.54, 1.807) is 18.2 Å². The summed E-state index contributed by atoms with van der Waals surface area (Å²) in [6.45, 7) is 1.61. The molecule has 0 radical (unpaired) electrons. The predicted octanol–water partition coefficient (Wildman–Crippen LogP) is 0.295. The van der Waals surface area contributed by atoms with Crippen LogP contribution in [0, 0.1) is 5.92 Å². The fourth-order valence-electron chi connectivity index (χ4n) is 2.64. The highest BCUT2D eigenvalue weighted by molar-refractivity contribution is 7.89. The van der Waals surface area contributed by atoms with E-state index in [-0.39, 0.29) is 36.5 Å². The molecule has 1 aliphatic rings. The van der Waals surface area contributed by atoms with Gasteiger partial charge in [0.25, 0.3) is 0 Å². The van der Waals surface area contributed by atoms with E-state index in [4.69, 9.17) is 9.88 Å². The Morgan fingerprint density at radius 3 is 2.74 bits per heavy atom.